The number of halogens is 1. The SMILES string of the molecule is COc1ccc(Br)cc1C=Nn1nnnc1Nc1ccccc1. The Balaban J connectivity index is 1.84. The second-order valence-electron chi connectivity index (χ2n) is 4.51. The first-order valence-electron chi connectivity index (χ1n) is 6.74. The van der Waals surface area contributed by atoms with Gasteiger partial charge in [-0.3, -0.25) is 0 Å². The molecule has 0 bridgehead atoms. The zero-order valence-electron chi connectivity index (χ0n) is 12.2. The third-order valence-corrected chi connectivity index (χ3v) is 3.47. The molecule has 0 amide bonds. The van der Waals surface area contributed by atoms with Crippen LogP contribution < -0.4 is 10.1 Å². The summed E-state index contributed by atoms with van der Waals surface area (Å²) in [4.78, 5) is 1.31. The van der Waals surface area contributed by atoms with Crippen molar-refractivity contribution in [1.29, 1.82) is 0 Å². The van der Waals surface area contributed by atoms with Crippen LogP contribution in [0.1, 0.15) is 5.56 Å². The molecule has 3 aromatic rings. The van der Waals surface area contributed by atoms with Gasteiger partial charge in [-0.25, -0.2) is 0 Å². The van der Waals surface area contributed by atoms with Gasteiger partial charge in [0.1, 0.15) is 5.75 Å². The van der Waals surface area contributed by atoms with Crippen molar-refractivity contribution >= 4 is 33.8 Å². The molecule has 0 radical (unpaired) electrons. The summed E-state index contributed by atoms with van der Waals surface area (Å²) >= 11 is 3.43. The number of nitrogens with one attached hydrogen (secondary N) is 1. The minimum atomic E-state index is 0.418. The highest BCUT2D eigenvalue weighted by atomic mass is 79.9. The highest BCUT2D eigenvalue weighted by Gasteiger charge is 2.06. The van der Waals surface area contributed by atoms with Gasteiger partial charge >= 0.3 is 0 Å². The number of aromatic nitrogens is 4. The molecule has 1 heterocycles. The Kier molecular flexibility index (Phi) is 4.62. The van der Waals surface area contributed by atoms with Crippen molar-refractivity contribution in [3.8, 4) is 5.75 Å². The summed E-state index contributed by atoms with van der Waals surface area (Å²) in [5.41, 5.74) is 1.68. The average Bonchev–Trinajstić information content (AvgIpc) is 3.01. The summed E-state index contributed by atoms with van der Waals surface area (Å²) in [5, 5.41) is 18.8. The zero-order valence-corrected chi connectivity index (χ0v) is 13.8. The van der Waals surface area contributed by atoms with Crippen molar-refractivity contribution in [3.05, 3.63) is 58.6 Å². The predicted molar refractivity (Wildman–Crippen MR) is 91.2 cm³/mol. The quantitative estimate of drug-likeness (QED) is 0.696. The van der Waals surface area contributed by atoms with Crippen molar-refractivity contribution < 1.29 is 4.74 Å². The first-order chi connectivity index (χ1) is 11.3. The van der Waals surface area contributed by atoms with Crippen molar-refractivity contribution in [2.24, 2.45) is 5.10 Å². The van der Waals surface area contributed by atoms with Crippen LogP contribution in [0.4, 0.5) is 11.6 Å². The van der Waals surface area contributed by atoms with Crippen LogP contribution in [0, 0.1) is 0 Å². The minimum absolute atomic E-state index is 0.418. The fraction of sp³-hybridized carbons (Fsp3) is 0.0667. The van der Waals surface area contributed by atoms with E-state index in [0.29, 0.717) is 11.7 Å². The van der Waals surface area contributed by atoms with Gasteiger partial charge < -0.3 is 10.1 Å². The zero-order chi connectivity index (χ0) is 16.1. The molecule has 2 aromatic carbocycles. The maximum absolute atomic E-state index is 5.31. The fourth-order valence-electron chi connectivity index (χ4n) is 1.91. The molecular weight excluding hydrogens is 360 g/mol. The third kappa shape index (κ3) is 3.72. The number of hydrogen-bond acceptors (Lipinski definition) is 6. The molecule has 1 aromatic heterocycles. The van der Waals surface area contributed by atoms with Gasteiger partial charge in [0.25, 0.3) is 5.95 Å². The summed E-state index contributed by atoms with van der Waals surface area (Å²) in [6.45, 7) is 0. The average molecular weight is 373 g/mol. The molecule has 0 spiro atoms. The summed E-state index contributed by atoms with van der Waals surface area (Å²) in [6.07, 6.45) is 1.64. The van der Waals surface area contributed by atoms with Gasteiger partial charge in [0.05, 0.1) is 13.3 Å². The molecular formula is C15H13BrN6O. The van der Waals surface area contributed by atoms with Gasteiger partial charge in [0.15, 0.2) is 0 Å². The number of benzene rings is 2. The van der Waals surface area contributed by atoms with Crippen LogP contribution in [0.25, 0.3) is 0 Å². The van der Waals surface area contributed by atoms with E-state index >= 15 is 0 Å². The largest absolute Gasteiger partial charge is 0.496 e. The number of ether oxygens (including phenoxy) is 1. The maximum Gasteiger partial charge on any atom is 0.269 e. The van der Waals surface area contributed by atoms with Crippen LogP contribution in [-0.2, 0) is 0 Å². The summed E-state index contributed by atoms with van der Waals surface area (Å²) in [7, 11) is 1.61. The first kappa shape index (κ1) is 15.2. The van der Waals surface area contributed by atoms with E-state index in [1.807, 2.05) is 48.5 Å². The van der Waals surface area contributed by atoms with E-state index in [1.165, 1.54) is 4.79 Å². The Hall–Kier alpha value is -2.74. The molecule has 0 aliphatic rings. The highest BCUT2D eigenvalue weighted by molar-refractivity contribution is 9.10. The van der Waals surface area contributed by atoms with Gasteiger partial charge in [-0.1, -0.05) is 44.0 Å². The van der Waals surface area contributed by atoms with Crippen molar-refractivity contribution in [3.63, 3.8) is 0 Å². The molecule has 116 valence electrons. The van der Waals surface area contributed by atoms with Crippen LogP contribution in [0.15, 0.2) is 58.1 Å². The third-order valence-electron chi connectivity index (χ3n) is 2.98. The van der Waals surface area contributed by atoms with Crippen LogP contribution in [0.3, 0.4) is 0 Å². The molecule has 23 heavy (non-hydrogen) atoms. The lowest BCUT2D eigenvalue weighted by Crippen LogP contribution is -2.01. The molecule has 8 heteroatoms. The van der Waals surface area contributed by atoms with Crippen molar-refractivity contribution in [1.82, 2.24) is 20.3 Å². The number of rotatable bonds is 5. The van der Waals surface area contributed by atoms with Gasteiger partial charge in [-0.05, 0) is 40.8 Å². The van der Waals surface area contributed by atoms with Crippen molar-refractivity contribution in [2.75, 3.05) is 12.4 Å². The predicted octanol–water partition coefficient (Wildman–Crippen LogP) is 3.07. The lowest BCUT2D eigenvalue weighted by Gasteiger charge is -2.05. The molecule has 0 unspecified atom stereocenters. The molecule has 0 fully saturated rings. The van der Waals surface area contributed by atoms with Gasteiger partial charge in [-0.15, -0.1) is 0 Å². The molecule has 1 N–H and O–H groups in total. The van der Waals surface area contributed by atoms with Gasteiger partial charge in [0, 0.05) is 15.7 Å². The van der Waals surface area contributed by atoms with E-state index in [-0.39, 0.29) is 0 Å². The number of nitrogens with zero attached hydrogens (tertiary/aromatic N) is 5. The van der Waals surface area contributed by atoms with Crippen molar-refractivity contribution in [2.45, 2.75) is 0 Å². The number of hydrogen-bond donors (Lipinski definition) is 1. The number of anilines is 2. The molecule has 0 saturated carbocycles. The Bertz CT molecular complexity index is 818. The summed E-state index contributed by atoms with van der Waals surface area (Å²) in [5.74, 6) is 1.13. The van der Waals surface area contributed by atoms with E-state index < -0.39 is 0 Å². The number of methoxy groups -OCH3 is 1. The molecule has 0 aliphatic heterocycles. The lowest BCUT2D eigenvalue weighted by molar-refractivity contribution is 0.414. The molecule has 0 atom stereocenters. The Morgan fingerprint density at radius 2 is 2.04 bits per heavy atom. The fourth-order valence-corrected chi connectivity index (χ4v) is 2.29. The Morgan fingerprint density at radius 1 is 1.22 bits per heavy atom. The van der Waals surface area contributed by atoms with Gasteiger partial charge in [-0.2, -0.15) is 5.10 Å². The molecule has 0 saturated heterocycles. The van der Waals surface area contributed by atoms with E-state index in [1.54, 1.807) is 13.3 Å². The second kappa shape index (κ2) is 7.01. The van der Waals surface area contributed by atoms with E-state index in [2.05, 4.69) is 41.9 Å². The lowest BCUT2D eigenvalue weighted by atomic mass is 10.2. The number of para-hydroxylation sites is 1. The first-order valence-corrected chi connectivity index (χ1v) is 7.54. The number of tetrazole rings is 1. The Labute approximate surface area is 141 Å². The topological polar surface area (TPSA) is 77.2 Å². The maximum atomic E-state index is 5.31. The highest BCUT2D eigenvalue weighted by Crippen LogP contribution is 2.21. The van der Waals surface area contributed by atoms with Gasteiger partial charge in [0.2, 0.25) is 0 Å². The van der Waals surface area contributed by atoms with Crippen LogP contribution in [-0.4, -0.2) is 33.6 Å². The Morgan fingerprint density at radius 3 is 2.83 bits per heavy atom. The summed E-state index contributed by atoms with van der Waals surface area (Å²) in [6, 6.07) is 15.3. The molecule has 0 aliphatic carbocycles. The van der Waals surface area contributed by atoms with E-state index in [9.17, 15) is 0 Å². The standard InChI is InChI=1S/C15H13BrN6O/c1-23-14-8-7-12(16)9-11(14)10-17-22-15(19-20-21-22)18-13-5-3-2-4-6-13/h2-10H,1H3,(H,18,19,21). The molecule has 3 rings (SSSR count). The smallest absolute Gasteiger partial charge is 0.269 e. The second-order valence-corrected chi connectivity index (χ2v) is 5.43. The van der Waals surface area contributed by atoms with Crippen LogP contribution in [0.2, 0.25) is 0 Å². The minimum Gasteiger partial charge on any atom is -0.496 e. The van der Waals surface area contributed by atoms with E-state index in [4.69, 9.17) is 4.74 Å². The molecule has 7 nitrogen and oxygen atoms in total. The summed E-state index contributed by atoms with van der Waals surface area (Å²) < 4.78 is 6.24. The van der Waals surface area contributed by atoms with E-state index in [0.717, 1.165) is 15.7 Å². The monoisotopic (exact) mass is 372 g/mol. The van der Waals surface area contributed by atoms with Crippen LogP contribution in [0.5, 0.6) is 5.75 Å². The normalized spacial score (nSPS) is 10.9. The van der Waals surface area contributed by atoms with Crippen LogP contribution >= 0.6 is 15.9 Å².